The second-order valence-electron chi connectivity index (χ2n) is 23.2. The lowest BCUT2D eigenvalue weighted by Crippen LogP contribution is -2.48. The van der Waals surface area contributed by atoms with Gasteiger partial charge in [0.25, 0.3) is 0 Å². The molecule has 1 aromatic rings. The Kier molecular flexibility index (Phi) is 17.2. The monoisotopic (exact) mass is 1010 g/mol. The molecule has 4 saturated heterocycles. The van der Waals surface area contributed by atoms with Crippen molar-refractivity contribution in [3.63, 3.8) is 0 Å². The first-order chi connectivity index (χ1) is 34.1. The van der Waals surface area contributed by atoms with Crippen molar-refractivity contribution >= 4 is 23.7 Å². The molecular formula is C60H86O9Si2. The molecule has 3 N–H and O–H groups in total. The van der Waals surface area contributed by atoms with E-state index in [1.54, 1.807) is 0 Å². The van der Waals surface area contributed by atoms with Crippen LogP contribution in [0.4, 0.5) is 0 Å². The number of aliphatic hydroxyl groups excluding tert-OH is 3. The molecule has 12 aliphatic rings. The average molecular weight is 1010 g/mol. The average Bonchev–Trinajstić information content (AvgIpc) is 4.18. The van der Waals surface area contributed by atoms with E-state index in [1.807, 2.05) is 0 Å². The van der Waals surface area contributed by atoms with E-state index < -0.39 is 35.9 Å². The van der Waals surface area contributed by atoms with E-state index in [4.69, 9.17) is 41.9 Å². The molecule has 4 aliphatic heterocycles. The van der Waals surface area contributed by atoms with Crippen molar-refractivity contribution in [2.24, 2.45) is 65.1 Å². The summed E-state index contributed by atoms with van der Waals surface area (Å²) < 4.78 is 37.9. The molecule has 1 aromatic carbocycles. The molecule has 0 spiro atoms. The number of rotatable bonds is 9. The Bertz CT molecular complexity index is 2100. The smallest absolute Gasteiger partial charge is 0.391 e. The fraction of sp³-hybridized carbons (Fsp3) is 0.633. The largest absolute Gasteiger partial charge is 0.505 e. The number of allylic oxidation sites excluding steroid dienone is 15. The summed E-state index contributed by atoms with van der Waals surface area (Å²) in [7, 11) is -4.99. The van der Waals surface area contributed by atoms with Crippen LogP contribution in [0, 0.1) is 65.1 Å². The van der Waals surface area contributed by atoms with Crippen molar-refractivity contribution in [3.05, 3.63) is 127 Å². The first kappa shape index (κ1) is 53.1. The highest BCUT2D eigenvalue weighted by Crippen LogP contribution is 2.58. The van der Waals surface area contributed by atoms with Crippen molar-refractivity contribution < 1.29 is 41.9 Å². The SMILES string of the molecule is C/C=C/C1C=CC(/C=C/C2CC(/C=C/c3ccccc3)C([Si]34OC(C)C(O3)C(C)O4)C2)C1.C1=CC2C=CC1C2.CC(O)C(O)C(C)O.CC1CC2C=CC1C2.CC1O[Si]2(C3CC4C=CC3C4)OC(C)C1O2. The summed E-state index contributed by atoms with van der Waals surface area (Å²) in [6, 6.07) is 10.6. The Morgan fingerprint density at radius 1 is 0.507 bits per heavy atom. The number of aliphatic hydroxyl groups is 3. The minimum absolute atomic E-state index is 0.0993. The summed E-state index contributed by atoms with van der Waals surface area (Å²) in [4.78, 5) is 0. The van der Waals surface area contributed by atoms with Gasteiger partial charge in [0.2, 0.25) is 0 Å². The van der Waals surface area contributed by atoms with Crippen LogP contribution in [0.15, 0.2) is 121 Å². The lowest BCUT2D eigenvalue weighted by Gasteiger charge is -2.33. The van der Waals surface area contributed by atoms with Gasteiger partial charge in [0.1, 0.15) is 6.10 Å². The van der Waals surface area contributed by atoms with Crippen molar-refractivity contribution in [1.29, 1.82) is 0 Å². The van der Waals surface area contributed by atoms with Crippen molar-refractivity contribution in [2.75, 3.05) is 0 Å². The lowest BCUT2D eigenvalue weighted by atomic mass is 9.96. The maximum atomic E-state index is 8.70. The Morgan fingerprint density at radius 3 is 1.45 bits per heavy atom. The van der Waals surface area contributed by atoms with Crippen molar-refractivity contribution in [1.82, 2.24) is 0 Å². The van der Waals surface area contributed by atoms with Crippen LogP contribution in [0.5, 0.6) is 0 Å². The zero-order valence-corrected chi connectivity index (χ0v) is 45.8. The van der Waals surface area contributed by atoms with Crippen LogP contribution < -0.4 is 0 Å². The first-order valence-electron chi connectivity index (χ1n) is 27.7. The number of fused-ring (bicyclic) bond motifs is 10. The van der Waals surface area contributed by atoms with Gasteiger partial charge in [0, 0.05) is 11.1 Å². The maximum absolute atomic E-state index is 8.70. The molecule has 17 atom stereocenters. The Labute approximate surface area is 428 Å². The third-order valence-corrected chi connectivity index (χ3v) is 24.7. The van der Waals surface area contributed by atoms with Gasteiger partial charge < -0.3 is 41.9 Å². The van der Waals surface area contributed by atoms with Crippen LogP contribution in [0.2, 0.25) is 11.1 Å². The van der Waals surface area contributed by atoms with Gasteiger partial charge in [-0.3, -0.25) is 0 Å². The van der Waals surface area contributed by atoms with E-state index in [2.05, 4.69) is 169 Å². The van der Waals surface area contributed by atoms with E-state index in [1.165, 1.54) is 57.9 Å². The summed E-state index contributed by atoms with van der Waals surface area (Å²) in [5.74, 6) is 8.06. The quantitative estimate of drug-likeness (QED) is 0.164. The van der Waals surface area contributed by atoms with Gasteiger partial charge in [-0.05, 0) is 170 Å². The Morgan fingerprint density at radius 2 is 1.04 bits per heavy atom. The van der Waals surface area contributed by atoms with E-state index in [0.717, 1.165) is 48.3 Å². The van der Waals surface area contributed by atoms with E-state index in [0.29, 0.717) is 40.7 Å². The van der Waals surface area contributed by atoms with Gasteiger partial charge in [0.15, 0.2) is 0 Å². The Balaban J connectivity index is 0.000000130. The van der Waals surface area contributed by atoms with Crippen LogP contribution in [0.3, 0.4) is 0 Å². The van der Waals surface area contributed by atoms with E-state index >= 15 is 0 Å². The highest BCUT2D eigenvalue weighted by Gasteiger charge is 2.69. The van der Waals surface area contributed by atoms with Crippen LogP contribution in [-0.4, -0.2) is 87.9 Å². The Hall–Kier alpha value is -2.79. The van der Waals surface area contributed by atoms with Gasteiger partial charge >= 0.3 is 17.6 Å². The summed E-state index contributed by atoms with van der Waals surface area (Å²) in [6.45, 7) is 15.9. The van der Waals surface area contributed by atoms with E-state index in [-0.39, 0.29) is 36.6 Å². The molecular weight excluding hydrogens is 921 g/mol. The molecule has 9 nitrogen and oxygen atoms in total. The van der Waals surface area contributed by atoms with Crippen molar-refractivity contribution in [2.45, 2.75) is 173 Å². The number of benzene rings is 1. The molecule has 0 aromatic heterocycles. The van der Waals surface area contributed by atoms with Gasteiger partial charge in [0.05, 0.1) is 48.8 Å². The molecule has 4 heterocycles. The molecule has 388 valence electrons. The second kappa shape index (κ2) is 23.0. The van der Waals surface area contributed by atoms with E-state index in [9.17, 15) is 0 Å². The third-order valence-electron chi connectivity index (χ3n) is 17.6. The van der Waals surface area contributed by atoms with Gasteiger partial charge in [-0.15, -0.1) is 0 Å². The predicted molar refractivity (Wildman–Crippen MR) is 286 cm³/mol. The zero-order chi connectivity index (χ0) is 50.0. The normalized spacial score (nSPS) is 46.2. The second-order valence-corrected chi connectivity index (χ2v) is 28.6. The lowest BCUT2D eigenvalue weighted by molar-refractivity contribution is -0.0438. The van der Waals surface area contributed by atoms with Gasteiger partial charge in [-0.1, -0.05) is 134 Å². The minimum Gasteiger partial charge on any atom is -0.391 e. The molecule has 13 rings (SSSR count). The topological polar surface area (TPSA) is 116 Å². The van der Waals surface area contributed by atoms with Crippen LogP contribution >= 0.6 is 0 Å². The molecule has 11 heteroatoms. The molecule has 0 amide bonds. The molecule has 17 unspecified atom stereocenters. The fourth-order valence-corrected chi connectivity index (χ4v) is 22.0. The summed E-state index contributed by atoms with van der Waals surface area (Å²) in [6.07, 6.45) is 46.0. The van der Waals surface area contributed by atoms with Gasteiger partial charge in [-0.2, -0.15) is 0 Å². The molecule has 71 heavy (non-hydrogen) atoms. The zero-order valence-electron chi connectivity index (χ0n) is 43.8. The molecule has 0 radical (unpaired) electrons. The molecule has 7 fully saturated rings. The highest BCUT2D eigenvalue weighted by atomic mass is 28.4. The summed E-state index contributed by atoms with van der Waals surface area (Å²) in [5, 5.41) is 25.9. The first-order valence-corrected chi connectivity index (χ1v) is 31.3. The predicted octanol–water partition coefficient (Wildman–Crippen LogP) is 11.8. The summed E-state index contributed by atoms with van der Waals surface area (Å²) >= 11 is 0. The number of hydrogen-bond donors (Lipinski definition) is 3. The summed E-state index contributed by atoms with van der Waals surface area (Å²) in [5.41, 5.74) is 2.13. The van der Waals surface area contributed by atoms with Crippen LogP contribution in [-0.2, 0) is 26.6 Å². The van der Waals surface area contributed by atoms with Gasteiger partial charge in [-0.25, -0.2) is 0 Å². The van der Waals surface area contributed by atoms with Crippen molar-refractivity contribution in [3.8, 4) is 0 Å². The standard InChI is InChI=1S/C28H36O3Si.C12H18O3Si.C8H12.C7H8.C5H12O3/c1-4-8-23-11-12-24(17-23)13-14-25-18-26(16-15-22-9-6-5-7-10-22)27(19-25)32-29-20(2)28(31-32)21(3)30-32;1-7-12-8(2)14-16(13-7,15-12)11-6-9-3-4-10(11)5-9;1-6-4-7-2-3-8(6)5-7;1-2-7-4-3-6(1)5-7;1-3(6)5(8)4(2)7/h4-16,20-21,23-28H,17-19H2,1-3H3;3-4,7-12H,5-6H2,1-2H3;2-3,6-8H,4-5H2,1H3;1-4,6-7H,5H2;3-8H,1-2H3/b8-4+,14-13+,16-15+;;;;. The highest BCUT2D eigenvalue weighted by molar-refractivity contribution is 6.64. The third kappa shape index (κ3) is 12.2. The fourth-order valence-electron chi connectivity index (χ4n) is 13.8. The molecule has 3 saturated carbocycles. The van der Waals surface area contributed by atoms with Crippen LogP contribution in [0.25, 0.3) is 6.08 Å². The molecule has 8 aliphatic carbocycles. The number of hydrogen-bond acceptors (Lipinski definition) is 9. The van der Waals surface area contributed by atoms with Crippen LogP contribution in [0.1, 0.15) is 112 Å². The molecule has 10 bridgehead atoms. The minimum atomic E-state index is -2.66. The maximum Gasteiger partial charge on any atom is 0.505 e.